The van der Waals surface area contributed by atoms with Crippen LogP contribution in [-0.4, -0.2) is 33.6 Å². The molecular weight excluding hydrogens is 476 g/mol. The van der Waals surface area contributed by atoms with Gasteiger partial charge in [-0.2, -0.15) is 31.4 Å². The van der Waals surface area contributed by atoms with Crippen molar-refractivity contribution in [3.63, 3.8) is 0 Å². The maximum Gasteiger partial charge on any atom is 0.430 e. The number of hydrogen-bond donors (Lipinski definition) is 2. The molecule has 1 aliphatic rings. The lowest BCUT2D eigenvalue weighted by molar-refractivity contribution is -0.376. The lowest BCUT2D eigenvalue weighted by atomic mass is 9.91. The Morgan fingerprint density at radius 1 is 0.971 bits per heavy atom. The van der Waals surface area contributed by atoms with Gasteiger partial charge < -0.3 is 10.0 Å². The molecule has 0 unspecified atom stereocenters. The molecule has 0 saturated heterocycles. The van der Waals surface area contributed by atoms with E-state index in [9.17, 15) is 36.2 Å². The molecule has 0 bridgehead atoms. The zero-order chi connectivity index (χ0) is 26.2. The van der Waals surface area contributed by atoms with Gasteiger partial charge in [0.05, 0.1) is 18.7 Å². The standard InChI is InChI=1S/C22H17F6N3O2.C2H6/c1-12-8-17(30-29-12)14-4-7-18-15(9-14)10-19(32)31(18)11-13-2-5-16(6-3-13)20(33,21(23,24)25)22(26,27)28;1-2/h2-9,33H,10-11H2,1H3,(H,29,30);1-2H3. The van der Waals surface area contributed by atoms with Crippen molar-refractivity contribution in [2.45, 2.75) is 51.7 Å². The Balaban J connectivity index is 0.00000167. The summed E-state index contributed by atoms with van der Waals surface area (Å²) < 4.78 is 78.3. The maximum absolute atomic E-state index is 13.1. The van der Waals surface area contributed by atoms with Gasteiger partial charge in [-0.15, -0.1) is 0 Å². The Morgan fingerprint density at radius 2 is 1.57 bits per heavy atom. The third-order valence-corrected chi connectivity index (χ3v) is 5.55. The predicted octanol–water partition coefficient (Wildman–Crippen LogP) is 5.81. The molecule has 0 radical (unpaired) electrons. The zero-order valence-corrected chi connectivity index (χ0v) is 19.1. The summed E-state index contributed by atoms with van der Waals surface area (Å²) in [5.41, 5.74) is -2.32. The molecule has 4 rings (SSSR count). The van der Waals surface area contributed by atoms with Crippen LogP contribution >= 0.6 is 0 Å². The summed E-state index contributed by atoms with van der Waals surface area (Å²) >= 11 is 0. The molecule has 1 aromatic heterocycles. The van der Waals surface area contributed by atoms with Crippen molar-refractivity contribution in [1.29, 1.82) is 0 Å². The summed E-state index contributed by atoms with van der Waals surface area (Å²) in [5.74, 6) is -0.258. The van der Waals surface area contributed by atoms with Crippen LogP contribution in [-0.2, 0) is 23.4 Å². The number of fused-ring (bicyclic) bond motifs is 1. The summed E-state index contributed by atoms with van der Waals surface area (Å²) in [6, 6.07) is 10.4. The highest BCUT2D eigenvalue weighted by Gasteiger charge is 2.71. The fourth-order valence-electron chi connectivity index (χ4n) is 3.80. The van der Waals surface area contributed by atoms with Crippen molar-refractivity contribution < 1.29 is 36.2 Å². The van der Waals surface area contributed by atoms with Crippen LogP contribution in [0.3, 0.4) is 0 Å². The molecule has 0 aliphatic carbocycles. The van der Waals surface area contributed by atoms with Gasteiger partial charge in [0.1, 0.15) is 0 Å². The second-order valence-corrected chi connectivity index (χ2v) is 7.84. The Kier molecular flexibility index (Phi) is 7.03. The van der Waals surface area contributed by atoms with E-state index in [1.54, 1.807) is 12.1 Å². The number of carbonyl (C=O) groups is 1. The van der Waals surface area contributed by atoms with Gasteiger partial charge in [-0.25, -0.2) is 0 Å². The number of aliphatic hydroxyl groups is 1. The first-order valence-corrected chi connectivity index (χ1v) is 10.7. The number of halogens is 6. The molecule has 0 fully saturated rings. The van der Waals surface area contributed by atoms with E-state index in [-0.39, 0.29) is 18.9 Å². The quantitative estimate of drug-likeness (QED) is 0.445. The highest BCUT2D eigenvalue weighted by Crippen LogP contribution is 2.50. The van der Waals surface area contributed by atoms with E-state index in [4.69, 9.17) is 0 Å². The molecule has 5 nitrogen and oxygen atoms in total. The van der Waals surface area contributed by atoms with Crippen LogP contribution in [0.4, 0.5) is 32.0 Å². The molecule has 0 spiro atoms. The van der Waals surface area contributed by atoms with Gasteiger partial charge in [-0.05, 0) is 36.2 Å². The van der Waals surface area contributed by atoms with E-state index in [0.29, 0.717) is 29.1 Å². The van der Waals surface area contributed by atoms with E-state index in [0.717, 1.165) is 29.0 Å². The predicted molar refractivity (Wildman–Crippen MR) is 117 cm³/mol. The van der Waals surface area contributed by atoms with E-state index < -0.39 is 23.5 Å². The van der Waals surface area contributed by atoms with Crippen LogP contribution in [0.5, 0.6) is 0 Å². The zero-order valence-electron chi connectivity index (χ0n) is 19.1. The van der Waals surface area contributed by atoms with Gasteiger partial charge in [0.2, 0.25) is 5.91 Å². The van der Waals surface area contributed by atoms with Crippen LogP contribution in [0, 0.1) is 6.92 Å². The smallest absolute Gasteiger partial charge is 0.369 e. The number of rotatable bonds is 4. The van der Waals surface area contributed by atoms with Crippen molar-refractivity contribution in [3.05, 3.63) is 70.9 Å². The molecule has 188 valence electrons. The molecular formula is C24H23F6N3O2. The summed E-state index contributed by atoms with van der Waals surface area (Å²) in [6.07, 6.45) is -11.8. The van der Waals surface area contributed by atoms with Crippen LogP contribution in [0.15, 0.2) is 48.5 Å². The fraction of sp³-hybridized carbons (Fsp3) is 0.333. The molecule has 3 aromatic rings. The summed E-state index contributed by atoms with van der Waals surface area (Å²) in [6.45, 7) is 5.80. The average Bonchev–Trinajstić information content (AvgIpc) is 3.36. The number of nitrogens with zero attached hydrogens (tertiary/aromatic N) is 2. The molecule has 35 heavy (non-hydrogen) atoms. The fourth-order valence-corrected chi connectivity index (χ4v) is 3.80. The van der Waals surface area contributed by atoms with E-state index in [1.807, 2.05) is 32.9 Å². The third-order valence-electron chi connectivity index (χ3n) is 5.55. The number of aryl methyl sites for hydroxylation is 1. The summed E-state index contributed by atoms with van der Waals surface area (Å²) in [7, 11) is 0. The van der Waals surface area contributed by atoms with E-state index in [1.165, 1.54) is 4.90 Å². The number of nitrogens with one attached hydrogen (secondary N) is 1. The van der Waals surface area contributed by atoms with Crippen LogP contribution in [0.2, 0.25) is 0 Å². The minimum Gasteiger partial charge on any atom is -0.369 e. The SMILES string of the molecule is CC.Cc1cc(-c2ccc3c(c2)CC(=O)N3Cc2ccc(C(O)(C(F)(F)F)C(F)(F)F)cc2)n[nH]1. The van der Waals surface area contributed by atoms with Crippen molar-refractivity contribution in [3.8, 4) is 11.3 Å². The number of benzene rings is 2. The van der Waals surface area contributed by atoms with Gasteiger partial charge in [-0.1, -0.05) is 44.2 Å². The number of H-pyrrole nitrogens is 1. The number of anilines is 1. The van der Waals surface area contributed by atoms with Crippen LogP contribution < -0.4 is 4.90 Å². The number of aromatic nitrogens is 2. The number of carbonyl (C=O) groups excluding carboxylic acids is 1. The summed E-state index contributed by atoms with van der Waals surface area (Å²) in [5, 5.41) is 16.5. The third kappa shape index (κ3) is 4.77. The number of amides is 1. The molecule has 1 aliphatic heterocycles. The van der Waals surface area contributed by atoms with Crippen LogP contribution in [0.1, 0.15) is 36.2 Å². The molecule has 11 heteroatoms. The monoisotopic (exact) mass is 499 g/mol. The largest absolute Gasteiger partial charge is 0.430 e. The van der Waals surface area contributed by atoms with Crippen molar-refractivity contribution >= 4 is 11.6 Å². The first-order chi connectivity index (χ1) is 16.3. The topological polar surface area (TPSA) is 69.2 Å². The highest BCUT2D eigenvalue weighted by atomic mass is 19.4. The molecule has 2 heterocycles. The van der Waals surface area contributed by atoms with Crippen molar-refractivity contribution in [2.75, 3.05) is 4.90 Å². The molecule has 1 amide bonds. The van der Waals surface area contributed by atoms with Crippen molar-refractivity contribution in [2.24, 2.45) is 0 Å². The Bertz CT molecular complexity index is 1190. The van der Waals surface area contributed by atoms with Crippen LogP contribution in [0.25, 0.3) is 11.3 Å². The first kappa shape index (κ1) is 26.3. The number of hydrogen-bond acceptors (Lipinski definition) is 3. The Labute approximate surface area is 197 Å². The van der Waals surface area contributed by atoms with E-state index >= 15 is 0 Å². The van der Waals surface area contributed by atoms with Gasteiger partial charge in [-0.3, -0.25) is 9.89 Å². The van der Waals surface area contributed by atoms with Gasteiger partial charge in [0.25, 0.3) is 5.60 Å². The molecule has 2 aromatic carbocycles. The highest BCUT2D eigenvalue weighted by molar-refractivity contribution is 6.01. The average molecular weight is 499 g/mol. The molecule has 0 atom stereocenters. The minimum atomic E-state index is -5.96. The lowest BCUT2D eigenvalue weighted by Gasteiger charge is -2.32. The van der Waals surface area contributed by atoms with Gasteiger partial charge >= 0.3 is 12.4 Å². The number of aromatic amines is 1. The first-order valence-electron chi connectivity index (χ1n) is 10.7. The van der Waals surface area contributed by atoms with E-state index in [2.05, 4.69) is 10.2 Å². The maximum atomic E-state index is 13.1. The second-order valence-electron chi connectivity index (χ2n) is 7.84. The van der Waals surface area contributed by atoms with Crippen molar-refractivity contribution in [1.82, 2.24) is 10.2 Å². The lowest BCUT2D eigenvalue weighted by Crippen LogP contribution is -2.53. The molecule has 0 saturated carbocycles. The normalized spacial score (nSPS) is 14.0. The van der Waals surface area contributed by atoms with Gasteiger partial charge in [0, 0.05) is 22.5 Å². The van der Waals surface area contributed by atoms with Gasteiger partial charge in [0.15, 0.2) is 0 Å². The minimum absolute atomic E-state index is 0.0521. The summed E-state index contributed by atoms with van der Waals surface area (Å²) in [4.78, 5) is 13.9. The Hall–Kier alpha value is -3.34. The molecule has 2 N–H and O–H groups in total. The Morgan fingerprint density at radius 3 is 2.09 bits per heavy atom. The number of alkyl halides is 6. The second kappa shape index (κ2) is 9.37.